The van der Waals surface area contributed by atoms with Gasteiger partial charge in [-0.3, -0.25) is 0 Å². The van der Waals surface area contributed by atoms with Gasteiger partial charge in [0.1, 0.15) is 0 Å². The first-order valence-corrected chi connectivity index (χ1v) is 10.00. The molecule has 0 spiro atoms. The van der Waals surface area contributed by atoms with Crippen molar-refractivity contribution in [3.05, 3.63) is 90.0 Å². The first-order chi connectivity index (χ1) is 12.8. The lowest BCUT2D eigenvalue weighted by molar-refractivity contribution is 1.05. The van der Waals surface area contributed by atoms with Crippen molar-refractivity contribution in [2.75, 3.05) is 0 Å². The average molecular weight is 353 g/mol. The van der Waals surface area contributed by atoms with Crippen molar-refractivity contribution >= 4 is 37.1 Å². The highest BCUT2D eigenvalue weighted by molar-refractivity contribution is 7.25. The molecule has 0 unspecified atom stereocenters. The molecule has 4 aromatic rings. The molecule has 0 bridgehead atoms. The van der Waals surface area contributed by atoms with Crippen LogP contribution in [0.2, 0.25) is 0 Å². The number of hydrogen-bond donors (Lipinski definition) is 0. The zero-order valence-electron chi connectivity index (χ0n) is 14.8. The highest BCUT2D eigenvalue weighted by atomic mass is 32.1. The fourth-order valence-electron chi connectivity index (χ4n) is 3.87. The van der Waals surface area contributed by atoms with Gasteiger partial charge in [0.25, 0.3) is 0 Å². The molecule has 1 aromatic heterocycles. The summed E-state index contributed by atoms with van der Waals surface area (Å²) in [4.78, 5) is 0. The summed E-state index contributed by atoms with van der Waals surface area (Å²) >= 11 is 1.88. The standard InChI is InChI=1S/C25H20S/c1-17-11-12-19(18-7-3-2-4-8-18)15-22(17)20-13-14-25-23(16-20)21-9-5-6-10-24(21)26-25/h2-3,5-7,9-16H,4,8H2,1H3. The van der Waals surface area contributed by atoms with Crippen LogP contribution in [0.4, 0.5) is 0 Å². The minimum absolute atomic E-state index is 1.13. The zero-order valence-corrected chi connectivity index (χ0v) is 15.6. The van der Waals surface area contributed by atoms with Crippen LogP contribution in [0, 0.1) is 6.92 Å². The Labute approximate surface area is 158 Å². The van der Waals surface area contributed by atoms with E-state index in [-0.39, 0.29) is 0 Å². The van der Waals surface area contributed by atoms with E-state index in [4.69, 9.17) is 0 Å². The number of allylic oxidation sites excluding steroid dienone is 4. The third-order valence-electron chi connectivity index (χ3n) is 5.31. The van der Waals surface area contributed by atoms with Gasteiger partial charge in [-0.1, -0.05) is 54.6 Å². The van der Waals surface area contributed by atoms with E-state index in [9.17, 15) is 0 Å². The van der Waals surface area contributed by atoms with Crippen molar-refractivity contribution < 1.29 is 0 Å². The maximum absolute atomic E-state index is 2.37. The second-order valence-corrected chi connectivity index (χ2v) is 8.08. The molecular weight excluding hydrogens is 332 g/mol. The molecule has 126 valence electrons. The molecule has 1 heterocycles. The Hall–Kier alpha value is -2.64. The molecule has 0 atom stereocenters. The molecule has 0 saturated carbocycles. The third kappa shape index (κ3) is 2.60. The Morgan fingerprint density at radius 2 is 1.65 bits per heavy atom. The second-order valence-electron chi connectivity index (χ2n) is 7.00. The summed E-state index contributed by atoms with van der Waals surface area (Å²) in [6, 6.07) is 22.5. The summed E-state index contributed by atoms with van der Waals surface area (Å²) in [6.45, 7) is 2.21. The summed E-state index contributed by atoms with van der Waals surface area (Å²) in [6.07, 6.45) is 8.96. The number of benzene rings is 3. The highest BCUT2D eigenvalue weighted by Gasteiger charge is 2.10. The van der Waals surface area contributed by atoms with Crippen LogP contribution in [-0.2, 0) is 0 Å². The number of aryl methyl sites for hydroxylation is 1. The van der Waals surface area contributed by atoms with Crippen LogP contribution in [0.25, 0.3) is 36.9 Å². The fraction of sp³-hybridized carbons (Fsp3) is 0.120. The number of thiophene rings is 1. The van der Waals surface area contributed by atoms with Crippen LogP contribution in [0.3, 0.4) is 0 Å². The molecule has 5 rings (SSSR count). The quantitative estimate of drug-likeness (QED) is 0.346. The second kappa shape index (κ2) is 6.26. The van der Waals surface area contributed by atoms with E-state index < -0.39 is 0 Å². The van der Waals surface area contributed by atoms with Crippen molar-refractivity contribution in [1.29, 1.82) is 0 Å². The topological polar surface area (TPSA) is 0 Å². The van der Waals surface area contributed by atoms with Crippen molar-refractivity contribution in [2.24, 2.45) is 0 Å². The lowest BCUT2D eigenvalue weighted by Crippen LogP contribution is -1.91. The van der Waals surface area contributed by atoms with Crippen LogP contribution < -0.4 is 0 Å². The van der Waals surface area contributed by atoms with Gasteiger partial charge < -0.3 is 0 Å². The zero-order chi connectivity index (χ0) is 17.5. The highest BCUT2D eigenvalue weighted by Crippen LogP contribution is 2.37. The number of hydrogen-bond acceptors (Lipinski definition) is 1. The molecule has 3 aromatic carbocycles. The van der Waals surface area contributed by atoms with E-state index in [1.165, 1.54) is 48.0 Å². The van der Waals surface area contributed by atoms with Crippen LogP contribution >= 0.6 is 11.3 Å². The predicted octanol–water partition coefficient (Wildman–Crippen LogP) is 7.76. The molecule has 0 amide bonds. The van der Waals surface area contributed by atoms with Gasteiger partial charge in [0.05, 0.1) is 0 Å². The van der Waals surface area contributed by atoms with E-state index in [0.29, 0.717) is 0 Å². The summed E-state index contributed by atoms with van der Waals surface area (Å²) in [5, 5.41) is 2.73. The molecule has 0 N–H and O–H groups in total. The maximum Gasteiger partial charge on any atom is 0.0355 e. The van der Waals surface area contributed by atoms with Gasteiger partial charge in [-0.15, -0.1) is 11.3 Å². The number of rotatable bonds is 2. The summed E-state index contributed by atoms with van der Waals surface area (Å²) in [5.74, 6) is 0. The minimum atomic E-state index is 1.13. The van der Waals surface area contributed by atoms with E-state index in [0.717, 1.165) is 12.8 Å². The number of fused-ring (bicyclic) bond motifs is 3. The van der Waals surface area contributed by atoms with Gasteiger partial charge in [-0.2, -0.15) is 0 Å². The van der Waals surface area contributed by atoms with Crippen molar-refractivity contribution in [1.82, 2.24) is 0 Å². The lowest BCUT2D eigenvalue weighted by Gasteiger charge is -2.13. The summed E-state index contributed by atoms with van der Waals surface area (Å²) < 4.78 is 2.73. The van der Waals surface area contributed by atoms with Crippen LogP contribution in [0.1, 0.15) is 24.0 Å². The third-order valence-corrected chi connectivity index (χ3v) is 6.46. The first kappa shape index (κ1) is 15.6. The van der Waals surface area contributed by atoms with Crippen LogP contribution in [0.5, 0.6) is 0 Å². The molecule has 1 aliphatic carbocycles. The van der Waals surface area contributed by atoms with Gasteiger partial charge in [0.15, 0.2) is 0 Å². The smallest absolute Gasteiger partial charge is 0.0355 e. The van der Waals surface area contributed by atoms with E-state index in [1.54, 1.807) is 0 Å². The molecule has 1 aliphatic rings. The first-order valence-electron chi connectivity index (χ1n) is 9.18. The monoisotopic (exact) mass is 352 g/mol. The van der Waals surface area contributed by atoms with Gasteiger partial charge in [0, 0.05) is 20.2 Å². The maximum atomic E-state index is 2.37. The lowest BCUT2D eigenvalue weighted by atomic mass is 9.91. The van der Waals surface area contributed by atoms with Gasteiger partial charge in [-0.25, -0.2) is 0 Å². The Kier molecular flexibility index (Phi) is 3.76. The van der Waals surface area contributed by atoms with Gasteiger partial charge in [-0.05, 0) is 71.9 Å². The van der Waals surface area contributed by atoms with Gasteiger partial charge >= 0.3 is 0 Å². The summed E-state index contributed by atoms with van der Waals surface area (Å²) in [7, 11) is 0. The molecule has 0 radical (unpaired) electrons. The molecule has 0 aliphatic heterocycles. The normalized spacial score (nSPS) is 14.1. The van der Waals surface area contributed by atoms with Gasteiger partial charge in [0.2, 0.25) is 0 Å². The van der Waals surface area contributed by atoms with Crippen molar-refractivity contribution in [3.8, 4) is 11.1 Å². The predicted molar refractivity (Wildman–Crippen MR) is 116 cm³/mol. The summed E-state index contributed by atoms with van der Waals surface area (Å²) in [5.41, 5.74) is 6.78. The van der Waals surface area contributed by atoms with Crippen molar-refractivity contribution in [2.45, 2.75) is 19.8 Å². The Morgan fingerprint density at radius 3 is 2.54 bits per heavy atom. The average Bonchev–Trinajstić information content (AvgIpc) is 3.07. The molecule has 0 saturated heterocycles. The SMILES string of the molecule is Cc1ccc(C2=CC=CCC2)cc1-c1ccc2sc3ccccc3c2c1. The fourth-order valence-corrected chi connectivity index (χ4v) is 4.96. The molecule has 0 nitrogen and oxygen atoms in total. The van der Waals surface area contributed by atoms with E-state index in [2.05, 4.69) is 85.8 Å². The van der Waals surface area contributed by atoms with Crippen LogP contribution in [0.15, 0.2) is 78.9 Å². The molecule has 1 heteroatoms. The van der Waals surface area contributed by atoms with E-state index in [1.807, 2.05) is 11.3 Å². The molecule has 26 heavy (non-hydrogen) atoms. The van der Waals surface area contributed by atoms with Crippen LogP contribution in [-0.4, -0.2) is 0 Å². The Bertz CT molecular complexity index is 1190. The molecule has 0 fully saturated rings. The Balaban J connectivity index is 1.68. The Morgan fingerprint density at radius 1 is 0.808 bits per heavy atom. The minimum Gasteiger partial charge on any atom is -0.135 e. The van der Waals surface area contributed by atoms with E-state index >= 15 is 0 Å². The largest absolute Gasteiger partial charge is 0.135 e. The van der Waals surface area contributed by atoms with Crippen molar-refractivity contribution in [3.63, 3.8) is 0 Å². The molecular formula is C25H20S.